The van der Waals surface area contributed by atoms with Crippen molar-refractivity contribution in [2.24, 2.45) is 5.41 Å². The normalized spacial score (nSPS) is 11.8. The highest BCUT2D eigenvalue weighted by Gasteiger charge is 2.19. The van der Waals surface area contributed by atoms with Gasteiger partial charge in [-0.15, -0.1) is 0 Å². The van der Waals surface area contributed by atoms with Gasteiger partial charge in [-0.3, -0.25) is 19.9 Å². The van der Waals surface area contributed by atoms with Crippen LogP contribution < -0.4 is 5.32 Å². The van der Waals surface area contributed by atoms with Crippen molar-refractivity contribution in [2.75, 3.05) is 5.32 Å². The van der Waals surface area contributed by atoms with Crippen molar-refractivity contribution in [3.63, 3.8) is 0 Å². The lowest BCUT2D eigenvalue weighted by molar-refractivity contribution is -0.117. The van der Waals surface area contributed by atoms with Crippen LogP contribution in [0.4, 0.5) is 10.1 Å². The van der Waals surface area contributed by atoms with Gasteiger partial charge in [-0.2, -0.15) is 5.10 Å². The lowest BCUT2D eigenvalue weighted by Crippen LogP contribution is -2.19. The molecule has 0 bridgehead atoms. The number of carbonyl (C=O) groups excluding carboxylic acids is 1. The Kier molecular flexibility index (Phi) is 5.86. The van der Waals surface area contributed by atoms with Gasteiger partial charge in [0.2, 0.25) is 5.91 Å². The third-order valence-electron chi connectivity index (χ3n) is 6.28. The number of imidazole rings is 1. The summed E-state index contributed by atoms with van der Waals surface area (Å²) in [5.41, 5.74) is 5.55. The van der Waals surface area contributed by atoms with Gasteiger partial charge in [0.1, 0.15) is 11.2 Å². The van der Waals surface area contributed by atoms with Gasteiger partial charge in [-0.25, -0.2) is 14.4 Å². The zero-order valence-electron chi connectivity index (χ0n) is 21.6. The number of aromatic amines is 2. The smallest absolute Gasteiger partial charge is 0.224 e. The van der Waals surface area contributed by atoms with Gasteiger partial charge in [-0.05, 0) is 52.9 Å². The van der Waals surface area contributed by atoms with Gasteiger partial charge in [0.15, 0.2) is 17.3 Å². The van der Waals surface area contributed by atoms with Crippen LogP contribution in [0, 0.1) is 11.2 Å². The monoisotopic (exact) mass is 520 g/mol. The van der Waals surface area contributed by atoms with Crippen LogP contribution in [0.1, 0.15) is 27.2 Å². The molecule has 1 amide bonds. The molecule has 0 aliphatic rings. The molecule has 0 fully saturated rings. The number of carbonyl (C=O) groups is 1. The second-order valence-electron chi connectivity index (χ2n) is 10.6. The fourth-order valence-corrected chi connectivity index (χ4v) is 4.58. The van der Waals surface area contributed by atoms with E-state index in [-0.39, 0.29) is 16.8 Å². The van der Waals surface area contributed by atoms with E-state index in [1.54, 1.807) is 37.1 Å². The summed E-state index contributed by atoms with van der Waals surface area (Å²) in [4.78, 5) is 33.2. The molecule has 0 saturated carbocycles. The van der Waals surface area contributed by atoms with Gasteiger partial charge in [0.05, 0.1) is 17.4 Å². The van der Waals surface area contributed by atoms with Crippen molar-refractivity contribution in [1.82, 2.24) is 35.1 Å². The minimum absolute atomic E-state index is 0.107. The highest BCUT2D eigenvalue weighted by molar-refractivity contribution is 5.98. The number of pyridine rings is 3. The van der Waals surface area contributed by atoms with Crippen molar-refractivity contribution in [3.8, 4) is 33.8 Å². The van der Waals surface area contributed by atoms with Crippen LogP contribution in [0.2, 0.25) is 0 Å². The third-order valence-corrected chi connectivity index (χ3v) is 6.28. The zero-order valence-corrected chi connectivity index (χ0v) is 21.6. The molecule has 3 N–H and O–H groups in total. The second-order valence-corrected chi connectivity index (χ2v) is 10.6. The number of hydrogen-bond donors (Lipinski definition) is 3. The topological polar surface area (TPSA) is 125 Å². The van der Waals surface area contributed by atoms with Gasteiger partial charge >= 0.3 is 0 Å². The Morgan fingerprint density at radius 2 is 1.79 bits per heavy atom. The molecular weight excluding hydrogens is 495 g/mol. The molecular formula is C29H25FN8O. The second kappa shape index (κ2) is 9.39. The first-order valence-corrected chi connectivity index (χ1v) is 12.4. The Hall–Kier alpha value is -4.99. The lowest BCUT2D eigenvalue weighted by Gasteiger charge is -2.17. The molecule has 9 nitrogen and oxygen atoms in total. The first-order valence-electron chi connectivity index (χ1n) is 12.4. The summed E-state index contributed by atoms with van der Waals surface area (Å²) >= 11 is 0. The quantitative estimate of drug-likeness (QED) is 0.251. The number of benzene rings is 1. The van der Waals surface area contributed by atoms with E-state index < -0.39 is 5.82 Å². The van der Waals surface area contributed by atoms with Crippen molar-refractivity contribution < 1.29 is 9.18 Å². The van der Waals surface area contributed by atoms with Crippen LogP contribution in [-0.4, -0.2) is 41.0 Å². The van der Waals surface area contributed by atoms with Crippen LogP contribution in [-0.2, 0) is 4.79 Å². The first kappa shape index (κ1) is 24.4. The van der Waals surface area contributed by atoms with Crippen LogP contribution in [0.25, 0.3) is 55.8 Å². The maximum Gasteiger partial charge on any atom is 0.224 e. The molecule has 0 aliphatic carbocycles. The summed E-state index contributed by atoms with van der Waals surface area (Å²) in [6.45, 7) is 6.00. The number of nitrogens with one attached hydrogen (secondary N) is 3. The fourth-order valence-electron chi connectivity index (χ4n) is 4.58. The molecule has 1 aromatic carbocycles. The molecule has 6 rings (SSSR count). The van der Waals surface area contributed by atoms with E-state index in [0.717, 1.165) is 16.6 Å². The zero-order chi connectivity index (χ0) is 27.1. The van der Waals surface area contributed by atoms with Gasteiger partial charge in [0, 0.05) is 47.7 Å². The summed E-state index contributed by atoms with van der Waals surface area (Å²) in [6, 6.07) is 10.8. The Morgan fingerprint density at radius 3 is 2.59 bits per heavy atom. The van der Waals surface area contributed by atoms with E-state index in [1.807, 2.05) is 45.0 Å². The summed E-state index contributed by atoms with van der Waals surface area (Å²) < 4.78 is 15.2. The largest absolute Gasteiger partial charge is 0.335 e. The number of halogens is 1. The number of amides is 1. The number of anilines is 1. The molecule has 5 aromatic heterocycles. The molecule has 0 aliphatic heterocycles. The predicted molar refractivity (Wildman–Crippen MR) is 148 cm³/mol. The van der Waals surface area contributed by atoms with Crippen LogP contribution in [0.15, 0.2) is 67.4 Å². The average molecular weight is 521 g/mol. The van der Waals surface area contributed by atoms with E-state index in [0.29, 0.717) is 45.8 Å². The molecule has 6 aromatic rings. The lowest BCUT2D eigenvalue weighted by atomic mass is 9.92. The first-order chi connectivity index (χ1) is 18.7. The minimum atomic E-state index is -0.487. The summed E-state index contributed by atoms with van der Waals surface area (Å²) in [6.07, 6.45) is 8.73. The van der Waals surface area contributed by atoms with Gasteiger partial charge in [0.25, 0.3) is 0 Å². The highest BCUT2D eigenvalue weighted by Crippen LogP contribution is 2.34. The number of hydrogen-bond acceptors (Lipinski definition) is 6. The fraction of sp³-hybridized carbons (Fsp3) is 0.172. The number of H-pyrrole nitrogens is 2. The third kappa shape index (κ3) is 4.84. The summed E-state index contributed by atoms with van der Waals surface area (Å²) in [5.74, 6) is -0.108. The predicted octanol–water partition coefficient (Wildman–Crippen LogP) is 6.14. The number of rotatable bonds is 5. The Bertz CT molecular complexity index is 1840. The average Bonchev–Trinajstić information content (AvgIpc) is 3.52. The van der Waals surface area contributed by atoms with Crippen molar-refractivity contribution in [2.45, 2.75) is 27.2 Å². The van der Waals surface area contributed by atoms with E-state index in [1.165, 1.54) is 6.07 Å². The number of nitrogens with zero attached hydrogens (tertiary/aromatic N) is 5. The maximum absolute atomic E-state index is 15.2. The Balaban J connectivity index is 1.40. The summed E-state index contributed by atoms with van der Waals surface area (Å²) in [7, 11) is 0. The molecule has 5 heterocycles. The maximum atomic E-state index is 15.2. The summed E-state index contributed by atoms with van der Waals surface area (Å²) in [5, 5.41) is 10.6. The van der Waals surface area contributed by atoms with E-state index >= 15 is 4.39 Å². The molecule has 0 spiro atoms. The van der Waals surface area contributed by atoms with Crippen LogP contribution in [0.5, 0.6) is 0 Å². The van der Waals surface area contributed by atoms with E-state index in [4.69, 9.17) is 0 Å². The van der Waals surface area contributed by atoms with E-state index in [2.05, 4.69) is 40.4 Å². The highest BCUT2D eigenvalue weighted by atomic mass is 19.1. The SMILES string of the molecule is CC(C)(C)CC(=O)Nc1cncc(-c2cc(F)c3n[nH]c(-c4nc5nccc(-c6ccncc6)c5[nH]4)c3c2)c1. The molecule has 0 atom stereocenters. The number of fused-ring (bicyclic) bond motifs is 2. The standard InChI is InChI=1S/C29H25FN8O/c1-29(2,3)13-23(39)34-19-10-18(14-32-15-19)17-11-21-24(22(30)12-17)37-38-26(21)28-35-25-20(6-9-33-27(25)36-28)16-4-7-31-8-5-16/h4-12,14-15H,13H2,1-3H3,(H,34,39)(H,37,38)(H,33,35,36). The van der Waals surface area contributed by atoms with Crippen LogP contribution >= 0.6 is 0 Å². The van der Waals surface area contributed by atoms with Crippen LogP contribution in [0.3, 0.4) is 0 Å². The van der Waals surface area contributed by atoms with Gasteiger partial charge < -0.3 is 10.3 Å². The van der Waals surface area contributed by atoms with Crippen molar-refractivity contribution >= 4 is 33.7 Å². The van der Waals surface area contributed by atoms with E-state index in [9.17, 15) is 4.79 Å². The molecule has 0 radical (unpaired) electrons. The molecule has 10 heteroatoms. The molecule has 0 unspecified atom stereocenters. The van der Waals surface area contributed by atoms with Crippen molar-refractivity contribution in [1.29, 1.82) is 0 Å². The molecule has 0 saturated heterocycles. The van der Waals surface area contributed by atoms with Crippen molar-refractivity contribution in [3.05, 3.63) is 73.2 Å². The number of aromatic nitrogens is 7. The van der Waals surface area contributed by atoms with Gasteiger partial charge in [-0.1, -0.05) is 20.8 Å². The Labute approximate surface area is 223 Å². The molecule has 194 valence electrons. The Morgan fingerprint density at radius 1 is 0.974 bits per heavy atom. The molecule has 39 heavy (non-hydrogen) atoms. The minimum Gasteiger partial charge on any atom is -0.335 e.